The molecule has 1 aliphatic rings. The van der Waals surface area contributed by atoms with E-state index in [-0.39, 0.29) is 0 Å². The normalized spacial score (nSPS) is 17.9. The molecule has 0 aromatic carbocycles. The molecule has 1 fully saturated rings. The van der Waals surface area contributed by atoms with Crippen LogP contribution in [-0.2, 0) is 0 Å². The van der Waals surface area contributed by atoms with Crippen molar-refractivity contribution in [3.8, 4) is 5.88 Å². The number of methoxy groups -OCH3 is 1. The van der Waals surface area contributed by atoms with Gasteiger partial charge in [-0.15, -0.1) is 0 Å². The average Bonchev–Trinajstić information content (AvgIpc) is 2.74. The molecule has 0 radical (unpaired) electrons. The van der Waals surface area contributed by atoms with Gasteiger partial charge in [-0.05, 0) is 31.1 Å². The van der Waals surface area contributed by atoms with Crippen LogP contribution in [0.3, 0.4) is 0 Å². The molecule has 2 aromatic rings. The van der Waals surface area contributed by atoms with E-state index in [0.29, 0.717) is 11.9 Å². The van der Waals surface area contributed by atoms with Gasteiger partial charge < -0.3 is 9.72 Å². The van der Waals surface area contributed by atoms with Crippen LogP contribution in [0.2, 0.25) is 0 Å². The molecule has 4 nitrogen and oxygen atoms in total. The van der Waals surface area contributed by atoms with Gasteiger partial charge in [0.1, 0.15) is 0 Å². The summed E-state index contributed by atoms with van der Waals surface area (Å²) in [6.07, 6.45) is 9.00. The minimum atomic E-state index is 0.469. The van der Waals surface area contributed by atoms with Gasteiger partial charge in [-0.2, -0.15) is 4.98 Å². The lowest BCUT2D eigenvalue weighted by Gasteiger charge is -2.21. The zero-order chi connectivity index (χ0) is 13.9. The molecule has 0 atom stereocenters. The Balaban J connectivity index is 2.03. The van der Waals surface area contributed by atoms with E-state index in [2.05, 4.69) is 14.5 Å². The van der Waals surface area contributed by atoms with Gasteiger partial charge in [0, 0.05) is 12.1 Å². The number of hydrogen-bond donors (Lipinski definition) is 1. The molecule has 20 heavy (non-hydrogen) atoms. The molecule has 0 spiro atoms. The third-order valence-electron chi connectivity index (χ3n) is 4.19. The molecule has 1 saturated carbocycles. The Hall–Kier alpha value is -1.36. The maximum absolute atomic E-state index is 5.52. The molecule has 5 heteroatoms. The van der Waals surface area contributed by atoms with E-state index in [9.17, 15) is 0 Å². The third kappa shape index (κ3) is 2.59. The van der Waals surface area contributed by atoms with Crippen LogP contribution in [0, 0.1) is 4.77 Å². The Labute approximate surface area is 124 Å². The fourth-order valence-corrected chi connectivity index (χ4v) is 3.47. The van der Waals surface area contributed by atoms with Gasteiger partial charge in [-0.3, -0.25) is 4.57 Å². The Morgan fingerprint density at radius 3 is 2.60 bits per heavy atom. The monoisotopic (exact) mass is 291 g/mol. The zero-order valence-corrected chi connectivity index (χ0v) is 12.7. The smallest absolute Gasteiger partial charge is 0.215 e. The van der Waals surface area contributed by atoms with Gasteiger partial charge in [0.15, 0.2) is 10.4 Å². The minimum absolute atomic E-state index is 0.469. The Kier molecular flexibility index (Phi) is 4.05. The first-order chi connectivity index (χ1) is 9.79. The summed E-state index contributed by atoms with van der Waals surface area (Å²) in [6, 6.07) is 4.34. The van der Waals surface area contributed by atoms with Crippen molar-refractivity contribution in [2.45, 2.75) is 51.0 Å². The largest absolute Gasteiger partial charge is 0.481 e. The van der Waals surface area contributed by atoms with Gasteiger partial charge in [0.25, 0.3) is 0 Å². The Morgan fingerprint density at radius 2 is 1.90 bits per heavy atom. The number of aromatic nitrogens is 3. The van der Waals surface area contributed by atoms with Gasteiger partial charge in [0.2, 0.25) is 5.88 Å². The number of rotatable bonds is 2. The topological polar surface area (TPSA) is 42.8 Å². The molecule has 0 amide bonds. The van der Waals surface area contributed by atoms with Crippen molar-refractivity contribution in [1.29, 1.82) is 0 Å². The van der Waals surface area contributed by atoms with Crippen molar-refractivity contribution in [1.82, 2.24) is 14.5 Å². The molecule has 0 bridgehead atoms. The first-order valence-electron chi connectivity index (χ1n) is 7.45. The van der Waals surface area contributed by atoms with Crippen LogP contribution >= 0.6 is 12.2 Å². The summed E-state index contributed by atoms with van der Waals surface area (Å²) in [7, 11) is 1.65. The van der Waals surface area contributed by atoms with E-state index in [1.54, 1.807) is 7.11 Å². The van der Waals surface area contributed by atoms with Crippen LogP contribution in [0.25, 0.3) is 11.2 Å². The maximum Gasteiger partial charge on any atom is 0.215 e. The van der Waals surface area contributed by atoms with Gasteiger partial charge in [-0.1, -0.05) is 32.1 Å². The van der Waals surface area contributed by atoms with Crippen LogP contribution < -0.4 is 4.74 Å². The number of ether oxygens (including phenoxy) is 1. The van der Waals surface area contributed by atoms with Crippen LogP contribution in [0.4, 0.5) is 0 Å². The second kappa shape index (κ2) is 5.95. The van der Waals surface area contributed by atoms with Crippen LogP contribution in [0.15, 0.2) is 12.1 Å². The van der Waals surface area contributed by atoms with Crippen LogP contribution in [-0.4, -0.2) is 21.6 Å². The lowest BCUT2D eigenvalue weighted by molar-refractivity contribution is 0.371. The highest BCUT2D eigenvalue weighted by molar-refractivity contribution is 7.71. The quantitative estimate of drug-likeness (QED) is 0.835. The van der Waals surface area contributed by atoms with Crippen molar-refractivity contribution < 1.29 is 4.74 Å². The number of nitrogens with zero attached hydrogens (tertiary/aromatic N) is 2. The third-order valence-corrected chi connectivity index (χ3v) is 4.49. The van der Waals surface area contributed by atoms with Crippen molar-refractivity contribution in [2.75, 3.05) is 7.11 Å². The van der Waals surface area contributed by atoms with Crippen molar-refractivity contribution in [3.63, 3.8) is 0 Å². The summed E-state index contributed by atoms with van der Waals surface area (Å²) in [5.74, 6) is 0.645. The molecule has 0 unspecified atom stereocenters. The number of aromatic amines is 1. The summed E-state index contributed by atoms with van der Waals surface area (Å²) in [4.78, 5) is 7.86. The summed E-state index contributed by atoms with van der Waals surface area (Å²) in [5.41, 5.74) is 1.93. The minimum Gasteiger partial charge on any atom is -0.481 e. The van der Waals surface area contributed by atoms with Crippen molar-refractivity contribution in [3.05, 3.63) is 16.9 Å². The lowest BCUT2D eigenvalue weighted by atomic mass is 9.96. The highest BCUT2D eigenvalue weighted by Crippen LogP contribution is 2.30. The zero-order valence-electron chi connectivity index (χ0n) is 11.9. The average molecular weight is 291 g/mol. The fraction of sp³-hybridized carbons (Fsp3) is 0.600. The fourth-order valence-electron chi connectivity index (χ4n) is 3.13. The number of imidazole rings is 1. The highest BCUT2D eigenvalue weighted by atomic mass is 32.1. The van der Waals surface area contributed by atoms with Crippen molar-refractivity contribution >= 4 is 23.4 Å². The predicted octanol–water partition coefficient (Wildman–Crippen LogP) is 4.39. The molecule has 1 aliphatic carbocycles. The molecule has 2 heterocycles. The maximum atomic E-state index is 5.52. The number of pyridine rings is 1. The summed E-state index contributed by atoms with van der Waals surface area (Å²) >= 11 is 5.52. The molecule has 0 saturated heterocycles. The van der Waals surface area contributed by atoms with Gasteiger partial charge >= 0.3 is 0 Å². The summed E-state index contributed by atoms with van der Waals surface area (Å²) in [6.45, 7) is 0. The van der Waals surface area contributed by atoms with Crippen LogP contribution in [0.1, 0.15) is 51.0 Å². The molecule has 3 rings (SSSR count). The first kappa shape index (κ1) is 13.6. The Bertz CT molecular complexity index is 638. The molecule has 1 N–H and O–H groups in total. The second-order valence-corrected chi connectivity index (χ2v) is 5.91. The standard InChI is InChI=1S/C15H21N3OS/c1-19-13-10-9-12-14(17-13)18(15(20)16-12)11-7-5-3-2-4-6-8-11/h9-11H,2-8H2,1H3,(H,16,20). The molecule has 108 valence electrons. The van der Waals surface area contributed by atoms with E-state index in [0.717, 1.165) is 15.9 Å². The summed E-state index contributed by atoms with van der Waals surface area (Å²) in [5, 5.41) is 0. The first-order valence-corrected chi connectivity index (χ1v) is 7.85. The number of fused-ring (bicyclic) bond motifs is 1. The van der Waals surface area contributed by atoms with E-state index >= 15 is 0 Å². The van der Waals surface area contributed by atoms with Crippen LogP contribution in [0.5, 0.6) is 5.88 Å². The van der Waals surface area contributed by atoms with Gasteiger partial charge in [-0.25, -0.2) is 0 Å². The SMILES string of the molecule is COc1ccc2[nH]c(=S)n(C3CCCCCCC3)c2n1. The van der Waals surface area contributed by atoms with Crippen molar-refractivity contribution in [2.24, 2.45) is 0 Å². The highest BCUT2D eigenvalue weighted by Gasteiger charge is 2.18. The van der Waals surface area contributed by atoms with E-state index in [1.807, 2.05) is 12.1 Å². The summed E-state index contributed by atoms with van der Waals surface area (Å²) < 4.78 is 8.24. The van der Waals surface area contributed by atoms with E-state index in [1.165, 1.54) is 44.9 Å². The van der Waals surface area contributed by atoms with E-state index in [4.69, 9.17) is 17.0 Å². The Morgan fingerprint density at radius 1 is 1.20 bits per heavy atom. The number of H-pyrrole nitrogens is 1. The molecule has 0 aliphatic heterocycles. The number of nitrogens with one attached hydrogen (secondary N) is 1. The van der Waals surface area contributed by atoms with Gasteiger partial charge in [0.05, 0.1) is 12.6 Å². The molecule has 2 aromatic heterocycles. The second-order valence-electron chi connectivity index (χ2n) is 5.52. The van der Waals surface area contributed by atoms with E-state index < -0.39 is 0 Å². The predicted molar refractivity (Wildman–Crippen MR) is 82.8 cm³/mol. The molecular weight excluding hydrogens is 270 g/mol. The number of hydrogen-bond acceptors (Lipinski definition) is 3. The lowest BCUT2D eigenvalue weighted by Crippen LogP contribution is -2.11. The molecular formula is C15H21N3OS.